The summed E-state index contributed by atoms with van der Waals surface area (Å²) in [7, 11) is 1.51. The first kappa shape index (κ1) is 17.6. The van der Waals surface area contributed by atoms with Gasteiger partial charge in [0.1, 0.15) is 0 Å². The third kappa shape index (κ3) is 4.18. The molecule has 0 saturated heterocycles. The number of benzene rings is 2. The molecular formula is C17H17BrClNO3. The molecule has 0 radical (unpaired) electrons. The molecule has 6 heteroatoms. The molecule has 1 N–H and O–H groups in total. The number of carbonyl (C=O) groups excluding carboxylic acids is 1. The van der Waals surface area contributed by atoms with Gasteiger partial charge >= 0.3 is 0 Å². The summed E-state index contributed by atoms with van der Waals surface area (Å²) in [5, 5.41) is 3.17. The van der Waals surface area contributed by atoms with Crippen molar-refractivity contribution in [2.45, 2.75) is 13.8 Å². The molecule has 0 aliphatic carbocycles. The van der Waals surface area contributed by atoms with Crippen LogP contribution in [0.25, 0.3) is 0 Å². The molecule has 0 atom stereocenters. The average Bonchev–Trinajstić information content (AvgIpc) is 2.51. The molecule has 0 aliphatic heterocycles. The monoisotopic (exact) mass is 397 g/mol. The Labute approximate surface area is 148 Å². The number of anilines is 1. The molecule has 0 aromatic heterocycles. The summed E-state index contributed by atoms with van der Waals surface area (Å²) < 4.78 is 11.7. The number of halogens is 2. The van der Waals surface area contributed by atoms with E-state index in [-0.39, 0.29) is 5.91 Å². The van der Waals surface area contributed by atoms with Gasteiger partial charge in [0.05, 0.1) is 18.7 Å². The highest BCUT2D eigenvalue weighted by molar-refractivity contribution is 9.10. The van der Waals surface area contributed by atoms with Crippen molar-refractivity contribution in [1.29, 1.82) is 0 Å². The summed E-state index contributed by atoms with van der Waals surface area (Å²) in [6.07, 6.45) is 0. The Morgan fingerprint density at radius 2 is 2.04 bits per heavy atom. The number of aryl methyl sites for hydroxylation is 1. The van der Waals surface area contributed by atoms with E-state index in [0.29, 0.717) is 34.4 Å². The Bertz CT molecular complexity index is 734. The van der Waals surface area contributed by atoms with Gasteiger partial charge < -0.3 is 14.8 Å². The SMILES string of the molecule is CCOc1cc(C(=O)Nc2ccc(Br)c(C)c2)cc(Cl)c1OC. The van der Waals surface area contributed by atoms with Crippen LogP contribution < -0.4 is 14.8 Å². The highest BCUT2D eigenvalue weighted by Gasteiger charge is 2.16. The third-order valence-corrected chi connectivity index (χ3v) is 4.36. The number of methoxy groups -OCH3 is 1. The minimum Gasteiger partial charge on any atom is -0.491 e. The number of hydrogen-bond donors (Lipinski definition) is 1. The molecule has 23 heavy (non-hydrogen) atoms. The highest BCUT2D eigenvalue weighted by atomic mass is 79.9. The maximum atomic E-state index is 12.4. The van der Waals surface area contributed by atoms with Crippen LogP contribution in [0.1, 0.15) is 22.8 Å². The standard InChI is InChI=1S/C17H17BrClNO3/c1-4-23-15-9-11(8-14(19)16(15)22-3)17(21)20-12-5-6-13(18)10(2)7-12/h5-9H,4H2,1-3H3,(H,20,21). The van der Waals surface area contributed by atoms with Gasteiger partial charge in [-0.2, -0.15) is 0 Å². The predicted octanol–water partition coefficient (Wildman–Crippen LogP) is 5.07. The Morgan fingerprint density at radius 3 is 2.65 bits per heavy atom. The van der Waals surface area contributed by atoms with Crippen molar-refractivity contribution in [3.8, 4) is 11.5 Å². The molecule has 0 fully saturated rings. The number of hydrogen-bond acceptors (Lipinski definition) is 3. The van der Waals surface area contributed by atoms with Gasteiger partial charge in [0.25, 0.3) is 5.91 Å². The fraction of sp³-hybridized carbons (Fsp3) is 0.235. The van der Waals surface area contributed by atoms with Crippen LogP contribution in [0.4, 0.5) is 5.69 Å². The third-order valence-electron chi connectivity index (χ3n) is 3.19. The van der Waals surface area contributed by atoms with Gasteiger partial charge in [-0.05, 0) is 49.7 Å². The van der Waals surface area contributed by atoms with Crippen molar-refractivity contribution >= 4 is 39.1 Å². The Kier molecular flexibility index (Phi) is 5.91. The zero-order valence-corrected chi connectivity index (χ0v) is 15.4. The van der Waals surface area contributed by atoms with Crippen molar-refractivity contribution in [3.05, 3.63) is 51.0 Å². The maximum Gasteiger partial charge on any atom is 0.255 e. The number of amides is 1. The van der Waals surface area contributed by atoms with Crippen LogP contribution in [0.15, 0.2) is 34.8 Å². The van der Waals surface area contributed by atoms with Crippen LogP contribution >= 0.6 is 27.5 Å². The molecule has 2 rings (SSSR count). The molecule has 0 saturated carbocycles. The van der Waals surface area contributed by atoms with Gasteiger partial charge in [-0.1, -0.05) is 27.5 Å². The first-order valence-electron chi connectivity index (χ1n) is 7.04. The van der Waals surface area contributed by atoms with Crippen LogP contribution in [-0.4, -0.2) is 19.6 Å². The van der Waals surface area contributed by atoms with E-state index in [1.54, 1.807) is 12.1 Å². The highest BCUT2D eigenvalue weighted by Crippen LogP contribution is 2.36. The Morgan fingerprint density at radius 1 is 1.30 bits per heavy atom. The first-order valence-corrected chi connectivity index (χ1v) is 8.21. The van der Waals surface area contributed by atoms with E-state index in [1.165, 1.54) is 7.11 Å². The van der Waals surface area contributed by atoms with Gasteiger partial charge in [-0.3, -0.25) is 4.79 Å². The van der Waals surface area contributed by atoms with E-state index in [4.69, 9.17) is 21.1 Å². The van der Waals surface area contributed by atoms with Crippen LogP contribution in [0.2, 0.25) is 5.02 Å². The summed E-state index contributed by atoms with van der Waals surface area (Å²) >= 11 is 9.60. The molecule has 0 aliphatic rings. The van der Waals surface area contributed by atoms with Crippen LogP contribution in [0, 0.1) is 6.92 Å². The molecule has 122 valence electrons. The predicted molar refractivity (Wildman–Crippen MR) is 96.0 cm³/mol. The molecule has 0 bridgehead atoms. The Balaban J connectivity index is 2.29. The second kappa shape index (κ2) is 7.70. The van der Waals surface area contributed by atoms with E-state index in [2.05, 4.69) is 21.2 Å². The molecule has 0 heterocycles. The average molecular weight is 399 g/mol. The first-order chi connectivity index (χ1) is 11.0. The van der Waals surface area contributed by atoms with E-state index < -0.39 is 0 Å². The van der Waals surface area contributed by atoms with Gasteiger partial charge in [-0.25, -0.2) is 0 Å². The summed E-state index contributed by atoms with van der Waals surface area (Å²) in [5.41, 5.74) is 2.14. The number of carbonyl (C=O) groups is 1. The summed E-state index contributed by atoms with van der Waals surface area (Å²) in [4.78, 5) is 12.4. The maximum absolute atomic E-state index is 12.4. The molecular weight excluding hydrogens is 382 g/mol. The van der Waals surface area contributed by atoms with Crippen molar-refractivity contribution in [1.82, 2.24) is 0 Å². The second-order valence-corrected chi connectivity index (χ2v) is 6.10. The summed E-state index contributed by atoms with van der Waals surface area (Å²) in [5.74, 6) is 0.599. The molecule has 2 aromatic rings. The summed E-state index contributed by atoms with van der Waals surface area (Å²) in [6.45, 7) is 4.26. The second-order valence-electron chi connectivity index (χ2n) is 4.84. The quantitative estimate of drug-likeness (QED) is 0.765. The van der Waals surface area contributed by atoms with Gasteiger partial charge in [-0.15, -0.1) is 0 Å². The molecule has 1 amide bonds. The minimum atomic E-state index is -0.266. The van der Waals surface area contributed by atoms with E-state index in [9.17, 15) is 4.79 Å². The van der Waals surface area contributed by atoms with E-state index in [1.807, 2.05) is 32.0 Å². The molecule has 2 aromatic carbocycles. The van der Waals surface area contributed by atoms with Crippen molar-refractivity contribution in [3.63, 3.8) is 0 Å². The van der Waals surface area contributed by atoms with Crippen molar-refractivity contribution in [2.75, 3.05) is 19.0 Å². The zero-order valence-electron chi connectivity index (χ0n) is 13.1. The van der Waals surface area contributed by atoms with Gasteiger partial charge in [0.15, 0.2) is 11.5 Å². The van der Waals surface area contributed by atoms with Crippen LogP contribution in [-0.2, 0) is 0 Å². The summed E-state index contributed by atoms with van der Waals surface area (Å²) in [6, 6.07) is 8.77. The molecule has 0 spiro atoms. The van der Waals surface area contributed by atoms with E-state index in [0.717, 1.165) is 10.0 Å². The largest absolute Gasteiger partial charge is 0.491 e. The minimum absolute atomic E-state index is 0.266. The normalized spacial score (nSPS) is 10.3. The van der Waals surface area contributed by atoms with Crippen molar-refractivity contribution < 1.29 is 14.3 Å². The van der Waals surface area contributed by atoms with E-state index >= 15 is 0 Å². The van der Waals surface area contributed by atoms with Crippen LogP contribution in [0.3, 0.4) is 0 Å². The lowest BCUT2D eigenvalue weighted by Gasteiger charge is -2.13. The Hall–Kier alpha value is -1.72. The van der Waals surface area contributed by atoms with Crippen LogP contribution in [0.5, 0.6) is 11.5 Å². The molecule has 0 unspecified atom stereocenters. The lowest BCUT2D eigenvalue weighted by atomic mass is 10.1. The number of ether oxygens (including phenoxy) is 2. The smallest absolute Gasteiger partial charge is 0.255 e. The zero-order chi connectivity index (χ0) is 17.0. The van der Waals surface area contributed by atoms with Crippen molar-refractivity contribution in [2.24, 2.45) is 0 Å². The number of nitrogens with one attached hydrogen (secondary N) is 1. The lowest BCUT2D eigenvalue weighted by molar-refractivity contribution is 0.102. The fourth-order valence-electron chi connectivity index (χ4n) is 2.09. The lowest BCUT2D eigenvalue weighted by Crippen LogP contribution is -2.12. The molecule has 4 nitrogen and oxygen atoms in total. The fourth-order valence-corrected chi connectivity index (χ4v) is 2.62. The number of rotatable bonds is 5. The van der Waals surface area contributed by atoms with Gasteiger partial charge in [0, 0.05) is 15.7 Å². The van der Waals surface area contributed by atoms with Gasteiger partial charge in [0.2, 0.25) is 0 Å². The topological polar surface area (TPSA) is 47.6 Å².